The van der Waals surface area contributed by atoms with Crippen LogP contribution in [0.1, 0.15) is 22.3 Å². The first kappa shape index (κ1) is 25.6. The number of aryl methyl sites for hydroxylation is 2. The van der Waals surface area contributed by atoms with Crippen molar-refractivity contribution in [3.05, 3.63) is 144 Å². The highest BCUT2D eigenvalue weighted by atomic mass is 15.0. The van der Waals surface area contributed by atoms with Crippen LogP contribution < -0.4 is 0 Å². The van der Waals surface area contributed by atoms with E-state index in [1.807, 2.05) is 36.4 Å². The Hall–Kier alpha value is -6.10. The van der Waals surface area contributed by atoms with E-state index in [-0.39, 0.29) is 0 Å². The Morgan fingerprint density at radius 1 is 0.455 bits per heavy atom. The van der Waals surface area contributed by atoms with E-state index in [0.29, 0.717) is 11.1 Å². The van der Waals surface area contributed by atoms with Crippen molar-refractivity contribution in [2.24, 2.45) is 0 Å². The minimum Gasteiger partial charge on any atom is -0.308 e. The van der Waals surface area contributed by atoms with Gasteiger partial charge in [0.1, 0.15) is 11.6 Å². The maximum atomic E-state index is 11.0. The summed E-state index contributed by atoms with van der Waals surface area (Å²) in [5.74, 6) is 0. The number of nitriles is 2. The van der Waals surface area contributed by atoms with E-state index in [4.69, 9.17) is 0 Å². The number of hydrogen-bond acceptors (Lipinski definition) is 2. The molecule has 0 N–H and O–H groups in total. The summed E-state index contributed by atoms with van der Waals surface area (Å²) in [5, 5.41) is 25.3. The standard InChI is InChI=1S/C40H26N4/c1-25-14-16-32-30-10-3-5-12-35(30)43(37(32)18-25)39-21-29(28-9-7-8-27(20-28)23-41)22-40(34(39)24-42)44-36-13-6-4-11-31(36)33-17-15-26(2)19-38(33)44/h3-22H,1-2H3. The highest BCUT2D eigenvalue weighted by Gasteiger charge is 2.22. The first-order chi connectivity index (χ1) is 21.6. The summed E-state index contributed by atoms with van der Waals surface area (Å²) < 4.78 is 4.47. The van der Waals surface area contributed by atoms with Gasteiger partial charge in [0, 0.05) is 21.5 Å². The number of hydrogen-bond donors (Lipinski definition) is 0. The first-order valence-electron chi connectivity index (χ1n) is 14.6. The van der Waals surface area contributed by atoms with Gasteiger partial charge in [0.25, 0.3) is 0 Å². The van der Waals surface area contributed by atoms with Crippen LogP contribution in [0.4, 0.5) is 0 Å². The quantitative estimate of drug-likeness (QED) is 0.215. The van der Waals surface area contributed by atoms with Crippen molar-refractivity contribution in [1.82, 2.24) is 9.13 Å². The third-order valence-corrected chi connectivity index (χ3v) is 8.67. The second kappa shape index (κ2) is 9.73. The number of rotatable bonds is 3. The Morgan fingerprint density at radius 2 is 0.977 bits per heavy atom. The molecule has 0 fully saturated rings. The summed E-state index contributed by atoms with van der Waals surface area (Å²) in [6.07, 6.45) is 0. The molecular formula is C40H26N4. The van der Waals surface area contributed by atoms with E-state index < -0.39 is 0 Å². The Labute approximate surface area is 254 Å². The molecule has 0 bridgehead atoms. The lowest BCUT2D eigenvalue weighted by molar-refractivity contribution is 1.12. The number of para-hydroxylation sites is 2. The number of aromatic nitrogens is 2. The van der Waals surface area contributed by atoms with E-state index in [1.165, 1.54) is 0 Å². The molecule has 0 aliphatic carbocycles. The molecule has 0 aliphatic rings. The minimum absolute atomic E-state index is 0.582. The minimum atomic E-state index is 0.582. The van der Waals surface area contributed by atoms with Crippen molar-refractivity contribution >= 4 is 43.6 Å². The van der Waals surface area contributed by atoms with E-state index in [1.54, 1.807) is 0 Å². The smallest absolute Gasteiger partial charge is 0.104 e. The molecule has 0 radical (unpaired) electrons. The monoisotopic (exact) mass is 562 g/mol. The van der Waals surface area contributed by atoms with Crippen molar-refractivity contribution in [3.63, 3.8) is 0 Å². The fourth-order valence-electron chi connectivity index (χ4n) is 6.69. The van der Waals surface area contributed by atoms with Crippen LogP contribution in [0.3, 0.4) is 0 Å². The van der Waals surface area contributed by atoms with Crippen LogP contribution in [0, 0.1) is 36.5 Å². The lowest BCUT2D eigenvalue weighted by Gasteiger charge is -2.18. The van der Waals surface area contributed by atoms with E-state index >= 15 is 0 Å². The second-order valence-electron chi connectivity index (χ2n) is 11.4. The highest BCUT2D eigenvalue weighted by Crippen LogP contribution is 2.40. The maximum absolute atomic E-state index is 11.0. The summed E-state index contributed by atoms with van der Waals surface area (Å²) in [7, 11) is 0. The molecule has 0 atom stereocenters. The van der Waals surface area contributed by atoms with Gasteiger partial charge < -0.3 is 9.13 Å². The largest absolute Gasteiger partial charge is 0.308 e. The fraction of sp³-hybridized carbons (Fsp3) is 0.0500. The summed E-state index contributed by atoms with van der Waals surface area (Å²) >= 11 is 0. The van der Waals surface area contributed by atoms with E-state index in [9.17, 15) is 10.5 Å². The SMILES string of the molecule is Cc1ccc2c3ccccc3n(-c3cc(-c4cccc(C#N)c4)cc(-n4c5ccccc5c5ccc(C)cc54)c3C#N)c2c1. The third-order valence-electron chi connectivity index (χ3n) is 8.67. The molecule has 8 rings (SSSR count). The van der Waals surface area contributed by atoms with Crippen LogP contribution in [0.2, 0.25) is 0 Å². The zero-order valence-electron chi connectivity index (χ0n) is 24.3. The Morgan fingerprint density at radius 3 is 1.50 bits per heavy atom. The van der Waals surface area contributed by atoms with Gasteiger partial charge in [0.2, 0.25) is 0 Å². The van der Waals surface area contributed by atoms with Crippen molar-refractivity contribution < 1.29 is 0 Å². The second-order valence-corrected chi connectivity index (χ2v) is 11.4. The van der Waals surface area contributed by atoms with Gasteiger partial charge in [-0.05, 0) is 84.6 Å². The molecule has 2 aromatic heterocycles. The molecule has 0 amide bonds. The summed E-state index contributed by atoms with van der Waals surface area (Å²) in [6, 6.07) is 46.6. The number of benzene rings is 6. The maximum Gasteiger partial charge on any atom is 0.104 e. The Kier molecular flexibility index (Phi) is 5.66. The molecule has 206 valence electrons. The van der Waals surface area contributed by atoms with Crippen LogP contribution in [-0.2, 0) is 0 Å². The molecule has 2 heterocycles. The lowest BCUT2D eigenvalue weighted by atomic mass is 9.98. The third kappa shape index (κ3) is 3.76. The summed E-state index contributed by atoms with van der Waals surface area (Å²) in [5.41, 5.74) is 11.1. The van der Waals surface area contributed by atoms with Crippen LogP contribution in [0.25, 0.3) is 66.1 Å². The fourth-order valence-corrected chi connectivity index (χ4v) is 6.69. The van der Waals surface area contributed by atoms with Crippen LogP contribution >= 0.6 is 0 Å². The summed E-state index contributed by atoms with van der Waals surface area (Å²) in [6.45, 7) is 4.20. The van der Waals surface area contributed by atoms with Crippen LogP contribution in [0.15, 0.2) is 121 Å². The van der Waals surface area contributed by atoms with E-state index in [0.717, 1.165) is 77.2 Å². The molecule has 0 saturated carbocycles. The van der Waals surface area contributed by atoms with Gasteiger partial charge in [-0.1, -0.05) is 72.8 Å². The van der Waals surface area contributed by atoms with Gasteiger partial charge in [-0.3, -0.25) is 0 Å². The summed E-state index contributed by atoms with van der Waals surface area (Å²) in [4.78, 5) is 0. The Balaban J connectivity index is 1.58. The molecule has 4 nitrogen and oxygen atoms in total. The van der Waals surface area contributed by atoms with Crippen LogP contribution in [0.5, 0.6) is 0 Å². The van der Waals surface area contributed by atoms with Gasteiger partial charge in [-0.25, -0.2) is 0 Å². The van der Waals surface area contributed by atoms with Crippen LogP contribution in [-0.4, -0.2) is 9.13 Å². The molecule has 0 unspecified atom stereocenters. The predicted octanol–water partition coefficient (Wildman–Crippen LogP) is 9.91. The number of nitrogens with zero attached hydrogens (tertiary/aromatic N) is 4. The molecule has 0 saturated heterocycles. The molecule has 4 heteroatoms. The van der Waals surface area contributed by atoms with Gasteiger partial charge in [-0.2, -0.15) is 10.5 Å². The normalized spacial score (nSPS) is 11.4. The predicted molar refractivity (Wildman–Crippen MR) is 179 cm³/mol. The highest BCUT2D eigenvalue weighted by molar-refractivity contribution is 6.11. The lowest BCUT2D eigenvalue weighted by Crippen LogP contribution is -2.05. The molecule has 6 aromatic carbocycles. The molecule has 44 heavy (non-hydrogen) atoms. The van der Waals surface area contributed by atoms with Crippen molar-refractivity contribution in [3.8, 4) is 34.6 Å². The van der Waals surface area contributed by atoms with Gasteiger partial charge in [-0.15, -0.1) is 0 Å². The molecule has 0 aliphatic heterocycles. The molecular weight excluding hydrogens is 536 g/mol. The van der Waals surface area contributed by atoms with Gasteiger partial charge in [0.15, 0.2) is 0 Å². The first-order valence-corrected chi connectivity index (χ1v) is 14.6. The van der Waals surface area contributed by atoms with E-state index in [2.05, 4.69) is 120 Å². The topological polar surface area (TPSA) is 57.4 Å². The van der Waals surface area contributed by atoms with Gasteiger partial charge in [0.05, 0.1) is 45.1 Å². The molecule has 0 spiro atoms. The van der Waals surface area contributed by atoms with Crippen molar-refractivity contribution in [2.45, 2.75) is 13.8 Å². The molecule has 8 aromatic rings. The zero-order chi connectivity index (χ0) is 29.9. The van der Waals surface area contributed by atoms with Gasteiger partial charge >= 0.3 is 0 Å². The zero-order valence-corrected chi connectivity index (χ0v) is 24.3. The average molecular weight is 563 g/mol. The van der Waals surface area contributed by atoms with Crippen molar-refractivity contribution in [1.29, 1.82) is 10.5 Å². The Bertz CT molecular complexity index is 2410. The average Bonchev–Trinajstić information content (AvgIpc) is 3.55. The van der Waals surface area contributed by atoms with Crippen molar-refractivity contribution in [2.75, 3.05) is 0 Å². The number of fused-ring (bicyclic) bond motifs is 6.